The molecule has 4 aromatic rings. The normalized spacial score (nSPS) is 13.3. The van der Waals surface area contributed by atoms with E-state index in [2.05, 4.69) is 28.8 Å². The number of benzene rings is 3. The molecule has 1 saturated carbocycles. The van der Waals surface area contributed by atoms with Crippen LogP contribution < -0.4 is 9.47 Å². The average Bonchev–Trinajstić information content (AvgIpc) is 3.59. The molecule has 5 rings (SSSR count). The fraction of sp³-hybridized carbons (Fsp3) is 0.250. The van der Waals surface area contributed by atoms with Gasteiger partial charge in [-0.1, -0.05) is 42.5 Å². The van der Waals surface area contributed by atoms with Gasteiger partial charge in [0.05, 0.1) is 19.4 Å². The van der Waals surface area contributed by atoms with E-state index in [1.165, 1.54) is 12.8 Å². The van der Waals surface area contributed by atoms with Crippen LogP contribution in [0.1, 0.15) is 35.8 Å². The number of methoxy groups -OCH3 is 1. The molecular weight excluding hydrogens is 398 g/mol. The molecule has 4 heteroatoms. The van der Waals surface area contributed by atoms with Gasteiger partial charge in [-0.25, -0.2) is 0 Å². The monoisotopic (exact) mass is 425 g/mol. The molecule has 1 heterocycles. The molecule has 0 saturated heterocycles. The number of para-hydroxylation sites is 1. The van der Waals surface area contributed by atoms with Crippen molar-refractivity contribution in [2.24, 2.45) is 5.92 Å². The van der Waals surface area contributed by atoms with Gasteiger partial charge in [-0.05, 0) is 60.2 Å². The van der Waals surface area contributed by atoms with Crippen molar-refractivity contribution in [3.05, 3.63) is 84.1 Å². The molecular formula is C28H27NO3. The number of ether oxygens (including phenoxy) is 2. The number of aromatic nitrogens is 1. The SMILES string of the molecule is COc1cccc(-c2c(C(C)=O)n(Cc3cccc(OCC4CC4)c3)c3ccccc23)c1. The second kappa shape index (κ2) is 8.54. The van der Waals surface area contributed by atoms with Crippen molar-refractivity contribution in [2.75, 3.05) is 13.7 Å². The van der Waals surface area contributed by atoms with Crippen LogP contribution in [0.4, 0.5) is 0 Å². The summed E-state index contributed by atoms with van der Waals surface area (Å²) in [6, 6.07) is 24.3. The minimum atomic E-state index is 0.0418. The zero-order chi connectivity index (χ0) is 22.1. The maximum absolute atomic E-state index is 12.9. The molecule has 0 radical (unpaired) electrons. The fourth-order valence-electron chi connectivity index (χ4n) is 4.32. The Morgan fingerprint density at radius 2 is 1.75 bits per heavy atom. The highest BCUT2D eigenvalue weighted by atomic mass is 16.5. The Balaban J connectivity index is 1.61. The Bertz CT molecular complexity index is 1280. The first-order valence-electron chi connectivity index (χ1n) is 11.1. The number of hydrogen-bond donors (Lipinski definition) is 0. The van der Waals surface area contributed by atoms with Gasteiger partial charge in [0.1, 0.15) is 11.5 Å². The fourth-order valence-corrected chi connectivity index (χ4v) is 4.32. The highest BCUT2D eigenvalue weighted by Crippen LogP contribution is 2.37. The smallest absolute Gasteiger partial charge is 0.176 e. The van der Waals surface area contributed by atoms with Gasteiger partial charge in [0.15, 0.2) is 5.78 Å². The molecule has 1 aliphatic carbocycles. The molecule has 1 fully saturated rings. The molecule has 0 bridgehead atoms. The number of carbonyl (C=O) groups excluding carboxylic acids is 1. The average molecular weight is 426 g/mol. The second-order valence-electron chi connectivity index (χ2n) is 8.52. The van der Waals surface area contributed by atoms with Crippen LogP contribution in [0.3, 0.4) is 0 Å². The van der Waals surface area contributed by atoms with E-state index in [9.17, 15) is 4.79 Å². The minimum Gasteiger partial charge on any atom is -0.497 e. The summed E-state index contributed by atoms with van der Waals surface area (Å²) in [5.74, 6) is 2.42. The highest BCUT2D eigenvalue weighted by Gasteiger charge is 2.23. The lowest BCUT2D eigenvalue weighted by atomic mass is 10.00. The predicted molar refractivity (Wildman–Crippen MR) is 128 cm³/mol. The lowest BCUT2D eigenvalue weighted by Gasteiger charge is -2.12. The van der Waals surface area contributed by atoms with Gasteiger partial charge >= 0.3 is 0 Å². The van der Waals surface area contributed by atoms with Crippen LogP contribution in [-0.4, -0.2) is 24.1 Å². The Morgan fingerprint density at radius 3 is 2.53 bits per heavy atom. The molecule has 1 aliphatic rings. The molecule has 162 valence electrons. The van der Waals surface area contributed by atoms with Crippen molar-refractivity contribution in [3.63, 3.8) is 0 Å². The van der Waals surface area contributed by atoms with Crippen LogP contribution in [0.2, 0.25) is 0 Å². The summed E-state index contributed by atoms with van der Waals surface area (Å²) in [6.07, 6.45) is 2.54. The van der Waals surface area contributed by atoms with Crippen molar-refractivity contribution in [1.29, 1.82) is 0 Å². The Labute approximate surface area is 188 Å². The van der Waals surface area contributed by atoms with Gasteiger partial charge in [-0.15, -0.1) is 0 Å². The maximum atomic E-state index is 12.9. The van der Waals surface area contributed by atoms with E-state index in [4.69, 9.17) is 9.47 Å². The zero-order valence-electron chi connectivity index (χ0n) is 18.5. The highest BCUT2D eigenvalue weighted by molar-refractivity contribution is 6.10. The van der Waals surface area contributed by atoms with Crippen LogP contribution in [0, 0.1) is 5.92 Å². The molecule has 0 spiro atoms. The summed E-state index contributed by atoms with van der Waals surface area (Å²) < 4.78 is 13.6. The van der Waals surface area contributed by atoms with E-state index >= 15 is 0 Å². The maximum Gasteiger partial charge on any atom is 0.176 e. The van der Waals surface area contributed by atoms with Crippen LogP contribution in [0.25, 0.3) is 22.0 Å². The number of fused-ring (bicyclic) bond motifs is 1. The van der Waals surface area contributed by atoms with Crippen LogP contribution in [-0.2, 0) is 6.54 Å². The van der Waals surface area contributed by atoms with Gasteiger partial charge in [-0.3, -0.25) is 4.79 Å². The molecule has 3 aromatic carbocycles. The van der Waals surface area contributed by atoms with Gasteiger partial charge in [-0.2, -0.15) is 0 Å². The van der Waals surface area contributed by atoms with Crippen molar-refractivity contribution in [2.45, 2.75) is 26.3 Å². The summed E-state index contributed by atoms with van der Waals surface area (Å²) in [4.78, 5) is 12.9. The minimum absolute atomic E-state index is 0.0418. The topological polar surface area (TPSA) is 40.5 Å². The Kier molecular flexibility index (Phi) is 5.44. The lowest BCUT2D eigenvalue weighted by Crippen LogP contribution is -2.09. The molecule has 0 atom stereocenters. The largest absolute Gasteiger partial charge is 0.497 e. The third-order valence-corrected chi connectivity index (χ3v) is 6.08. The van der Waals surface area contributed by atoms with Crippen LogP contribution >= 0.6 is 0 Å². The Morgan fingerprint density at radius 1 is 0.969 bits per heavy atom. The first-order chi connectivity index (χ1) is 15.6. The molecule has 32 heavy (non-hydrogen) atoms. The van der Waals surface area contributed by atoms with Gasteiger partial charge in [0, 0.05) is 29.9 Å². The summed E-state index contributed by atoms with van der Waals surface area (Å²) in [6.45, 7) is 3.03. The Hall–Kier alpha value is -3.53. The van der Waals surface area contributed by atoms with Gasteiger partial charge < -0.3 is 14.0 Å². The van der Waals surface area contributed by atoms with Crippen LogP contribution in [0.5, 0.6) is 11.5 Å². The number of Topliss-reactive ketones (excluding diaryl/α,β-unsaturated/α-hetero) is 1. The quantitative estimate of drug-likeness (QED) is 0.309. The van der Waals surface area contributed by atoms with E-state index in [1.807, 2.05) is 48.5 Å². The van der Waals surface area contributed by atoms with E-state index in [0.717, 1.165) is 45.7 Å². The zero-order valence-corrected chi connectivity index (χ0v) is 18.5. The number of carbonyl (C=O) groups is 1. The first-order valence-corrected chi connectivity index (χ1v) is 11.1. The second-order valence-corrected chi connectivity index (χ2v) is 8.52. The summed E-state index contributed by atoms with van der Waals surface area (Å²) >= 11 is 0. The summed E-state index contributed by atoms with van der Waals surface area (Å²) in [5, 5.41) is 1.06. The van der Waals surface area contributed by atoms with E-state index in [0.29, 0.717) is 18.2 Å². The van der Waals surface area contributed by atoms with E-state index in [1.54, 1.807) is 14.0 Å². The molecule has 0 unspecified atom stereocenters. The number of ketones is 1. The van der Waals surface area contributed by atoms with Gasteiger partial charge in [0.2, 0.25) is 0 Å². The third kappa shape index (κ3) is 4.01. The predicted octanol–water partition coefficient (Wildman–Crippen LogP) is 6.36. The third-order valence-electron chi connectivity index (χ3n) is 6.08. The molecule has 4 nitrogen and oxygen atoms in total. The van der Waals surface area contributed by atoms with Gasteiger partial charge in [0.25, 0.3) is 0 Å². The molecule has 0 aliphatic heterocycles. The van der Waals surface area contributed by atoms with Crippen LogP contribution in [0.15, 0.2) is 72.8 Å². The molecule has 0 amide bonds. The molecule has 0 N–H and O–H groups in total. The van der Waals surface area contributed by atoms with Crippen molar-refractivity contribution in [3.8, 4) is 22.6 Å². The standard InChI is InChI=1S/C28H27NO3/c1-19(30)28-27(22-8-6-9-23(16-22)31-2)25-11-3-4-12-26(25)29(28)17-21-7-5-10-24(15-21)32-18-20-13-14-20/h3-12,15-16,20H,13-14,17-18H2,1-2H3. The van der Waals surface area contributed by atoms with E-state index in [-0.39, 0.29) is 5.78 Å². The number of rotatable bonds is 8. The number of hydrogen-bond acceptors (Lipinski definition) is 3. The van der Waals surface area contributed by atoms with Crippen molar-refractivity contribution < 1.29 is 14.3 Å². The lowest BCUT2D eigenvalue weighted by molar-refractivity contribution is 0.101. The number of nitrogens with zero attached hydrogens (tertiary/aromatic N) is 1. The first kappa shape index (κ1) is 20.4. The van der Waals surface area contributed by atoms with Crippen molar-refractivity contribution in [1.82, 2.24) is 4.57 Å². The summed E-state index contributed by atoms with van der Waals surface area (Å²) in [7, 11) is 1.66. The summed E-state index contributed by atoms with van der Waals surface area (Å²) in [5.41, 5.74) is 4.79. The van der Waals surface area contributed by atoms with E-state index < -0.39 is 0 Å². The molecule has 1 aromatic heterocycles. The van der Waals surface area contributed by atoms with Crippen molar-refractivity contribution >= 4 is 16.7 Å².